The number of hydrogen-bond donors (Lipinski definition) is 0. The van der Waals surface area contributed by atoms with E-state index < -0.39 is 0 Å². The van der Waals surface area contributed by atoms with E-state index in [-0.39, 0.29) is 17.6 Å². The second-order valence-electron chi connectivity index (χ2n) is 2.99. The molecule has 0 aromatic rings. The standard InChI is InChI=1S/C7H8O2/c8-3-6-4-1-5(2-4)7(6)9/h3-6H,1-2H2. The Balaban J connectivity index is 2.25. The second kappa shape index (κ2) is 1.43. The highest BCUT2D eigenvalue weighted by molar-refractivity contribution is 5.99. The Hall–Kier alpha value is -0.660. The van der Waals surface area contributed by atoms with Crippen LogP contribution in [0.3, 0.4) is 0 Å². The largest absolute Gasteiger partial charge is 0.303 e. The van der Waals surface area contributed by atoms with E-state index >= 15 is 0 Å². The molecule has 0 aromatic carbocycles. The van der Waals surface area contributed by atoms with Crippen molar-refractivity contribution in [3.8, 4) is 0 Å². The minimum atomic E-state index is -0.213. The quantitative estimate of drug-likeness (QED) is 0.375. The van der Waals surface area contributed by atoms with E-state index in [1.54, 1.807) is 0 Å². The number of hydrogen-bond acceptors (Lipinski definition) is 2. The molecule has 2 heteroatoms. The van der Waals surface area contributed by atoms with Crippen LogP contribution < -0.4 is 0 Å². The highest BCUT2D eigenvalue weighted by atomic mass is 16.1. The zero-order valence-electron chi connectivity index (χ0n) is 5.04. The Morgan fingerprint density at radius 2 is 2.11 bits per heavy atom. The van der Waals surface area contributed by atoms with Gasteiger partial charge in [-0.2, -0.15) is 0 Å². The van der Waals surface area contributed by atoms with Crippen LogP contribution in [0.25, 0.3) is 0 Å². The monoisotopic (exact) mass is 124 g/mol. The van der Waals surface area contributed by atoms with Crippen molar-refractivity contribution in [3.05, 3.63) is 0 Å². The van der Waals surface area contributed by atoms with E-state index in [0.29, 0.717) is 5.92 Å². The van der Waals surface area contributed by atoms with Gasteiger partial charge in [-0.1, -0.05) is 0 Å². The smallest absolute Gasteiger partial charge is 0.146 e. The first-order valence-electron chi connectivity index (χ1n) is 3.32. The average molecular weight is 124 g/mol. The van der Waals surface area contributed by atoms with Gasteiger partial charge in [0.15, 0.2) is 0 Å². The molecule has 0 spiro atoms. The molecule has 3 fully saturated rings. The molecule has 0 N–H and O–H groups in total. The van der Waals surface area contributed by atoms with E-state index in [0.717, 1.165) is 19.1 Å². The van der Waals surface area contributed by atoms with Gasteiger partial charge < -0.3 is 4.79 Å². The van der Waals surface area contributed by atoms with E-state index in [2.05, 4.69) is 0 Å². The van der Waals surface area contributed by atoms with Crippen molar-refractivity contribution >= 4 is 12.1 Å². The number of fused-ring (bicyclic) bond motifs is 1. The number of aldehydes is 1. The number of rotatable bonds is 1. The third-order valence-electron chi connectivity index (χ3n) is 2.56. The molecule has 2 nitrogen and oxygen atoms in total. The zero-order chi connectivity index (χ0) is 6.43. The van der Waals surface area contributed by atoms with Crippen molar-refractivity contribution in [2.75, 3.05) is 0 Å². The number of ketones is 1. The first-order valence-corrected chi connectivity index (χ1v) is 3.32. The van der Waals surface area contributed by atoms with Crippen molar-refractivity contribution in [2.24, 2.45) is 17.8 Å². The minimum absolute atomic E-state index is 0.204. The predicted molar refractivity (Wildman–Crippen MR) is 30.8 cm³/mol. The lowest BCUT2D eigenvalue weighted by Crippen LogP contribution is -2.14. The molecule has 48 valence electrons. The molecule has 0 saturated heterocycles. The molecule has 2 bridgehead atoms. The molecule has 3 aliphatic carbocycles. The molecule has 9 heavy (non-hydrogen) atoms. The topological polar surface area (TPSA) is 34.1 Å². The lowest BCUT2D eigenvalue weighted by Gasteiger charge is -2.20. The number of Topliss-reactive ketones (excluding diaryl/α,β-unsaturated/α-hetero) is 1. The average Bonchev–Trinajstić information content (AvgIpc) is 2.15. The van der Waals surface area contributed by atoms with Gasteiger partial charge >= 0.3 is 0 Å². The summed E-state index contributed by atoms with van der Waals surface area (Å²) in [7, 11) is 0. The zero-order valence-corrected chi connectivity index (χ0v) is 5.04. The van der Waals surface area contributed by atoms with E-state index in [1.165, 1.54) is 0 Å². The van der Waals surface area contributed by atoms with E-state index in [4.69, 9.17) is 0 Å². The molecule has 0 radical (unpaired) electrons. The maximum atomic E-state index is 10.9. The molecule has 1 atom stereocenters. The Morgan fingerprint density at radius 1 is 1.44 bits per heavy atom. The third-order valence-corrected chi connectivity index (χ3v) is 2.56. The van der Waals surface area contributed by atoms with Crippen LogP contribution in [0, 0.1) is 17.8 Å². The summed E-state index contributed by atoms with van der Waals surface area (Å²) in [6.45, 7) is 0. The predicted octanol–water partition coefficient (Wildman–Crippen LogP) is 0.410. The fraction of sp³-hybridized carbons (Fsp3) is 0.714. The fourth-order valence-electron chi connectivity index (χ4n) is 1.87. The first-order chi connectivity index (χ1) is 4.33. The first kappa shape index (κ1) is 5.15. The maximum absolute atomic E-state index is 10.9. The third kappa shape index (κ3) is 0.460. The molecule has 3 rings (SSSR count). The molecule has 1 unspecified atom stereocenters. The highest BCUT2D eigenvalue weighted by Gasteiger charge is 2.51. The molecule has 3 aliphatic rings. The summed E-state index contributed by atoms with van der Waals surface area (Å²) in [5.74, 6) is 0.690. The van der Waals surface area contributed by atoms with Crippen molar-refractivity contribution < 1.29 is 9.59 Å². The van der Waals surface area contributed by atoms with Gasteiger partial charge in [-0.3, -0.25) is 4.79 Å². The molecule has 0 aromatic heterocycles. The Morgan fingerprint density at radius 3 is 2.33 bits per heavy atom. The van der Waals surface area contributed by atoms with Crippen LogP contribution in [0.1, 0.15) is 12.8 Å². The van der Waals surface area contributed by atoms with Crippen LogP contribution in [-0.4, -0.2) is 12.1 Å². The van der Waals surface area contributed by atoms with Crippen LogP contribution in [0.2, 0.25) is 0 Å². The normalized spacial score (nSPS) is 46.7. The summed E-state index contributed by atoms with van der Waals surface area (Å²) in [6, 6.07) is 0. The van der Waals surface area contributed by atoms with E-state index in [1.807, 2.05) is 0 Å². The van der Waals surface area contributed by atoms with Crippen LogP contribution in [-0.2, 0) is 9.59 Å². The molecule has 0 amide bonds. The SMILES string of the molecule is O=CC1C(=O)C2CC1C2. The van der Waals surface area contributed by atoms with Crippen molar-refractivity contribution in [2.45, 2.75) is 12.8 Å². The van der Waals surface area contributed by atoms with Gasteiger partial charge in [0.2, 0.25) is 0 Å². The van der Waals surface area contributed by atoms with Gasteiger partial charge in [-0.05, 0) is 18.8 Å². The lowest BCUT2D eigenvalue weighted by molar-refractivity contribution is -0.125. The fourth-order valence-corrected chi connectivity index (χ4v) is 1.87. The van der Waals surface area contributed by atoms with Gasteiger partial charge in [0.05, 0.1) is 5.92 Å². The van der Waals surface area contributed by atoms with Crippen molar-refractivity contribution in [1.82, 2.24) is 0 Å². The van der Waals surface area contributed by atoms with Crippen molar-refractivity contribution in [1.29, 1.82) is 0 Å². The van der Waals surface area contributed by atoms with Crippen LogP contribution in [0.5, 0.6) is 0 Å². The molecule has 0 aliphatic heterocycles. The molecular formula is C7H8O2. The Bertz CT molecular complexity index is 168. The Kier molecular flexibility index (Phi) is 0.821. The molecular weight excluding hydrogens is 116 g/mol. The van der Waals surface area contributed by atoms with Gasteiger partial charge in [0.1, 0.15) is 12.1 Å². The van der Waals surface area contributed by atoms with E-state index in [9.17, 15) is 9.59 Å². The summed E-state index contributed by atoms with van der Waals surface area (Å²) in [4.78, 5) is 21.2. The van der Waals surface area contributed by atoms with Crippen LogP contribution in [0.15, 0.2) is 0 Å². The van der Waals surface area contributed by atoms with Gasteiger partial charge in [0, 0.05) is 5.92 Å². The van der Waals surface area contributed by atoms with Gasteiger partial charge in [-0.25, -0.2) is 0 Å². The summed E-state index contributed by atoms with van der Waals surface area (Å²) in [6.07, 6.45) is 2.80. The second-order valence-corrected chi connectivity index (χ2v) is 2.99. The summed E-state index contributed by atoms with van der Waals surface area (Å²) >= 11 is 0. The van der Waals surface area contributed by atoms with Crippen molar-refractivity contribution in [3.63, 3.8) is 0 Å². The summed E-state index contributed by atoms with van der Waals surface area (Å²) < 4.78 is 0. The summed E-state index contributed by atoms with van der Waals surface area (Å²) in [5.41, 5.74) is 0. The Labute approximate surface area is 53.2 Å². The maximum Gasteiger partial charge on any atom is 0.146 e. The van der Waals surface area contributed by atoms with Crippen LogP contribution in [0.4, 0.5) is 0 Å². The number of carbonyl (C=O) groups is 2. The van der Waals surface area contributed by atoms with Crippen LogP contribution >= 0.6 is 0 Å². The highest BCUT2D eigenvalue weighted by Crippen LogP contribution is 2.48. The molecule has 0 heterocycles. The molecule has 3 saturated carbocycles. The lowest BCUT2D eigenvalue weighted by atomic mass is 9.83. The van der Waals surface area contributed by atoms with Gasteiger partial charge in [0.25, 0.3) is 0 Å². The summed E-state index contributed by atoms with van der Waals surface area (Å²) in [5, 5.41) is 0. The minimum Gasteiger partial charge on any atom is -0.303 e. The van der Waals surface area contributed by atoms with Gasteiger partial charge in [-0.15, -0.1) is 0 Å². The number of carbonyl (C=O) groups excluding carboxylic acids is 2.